The van der Waals surface area contributed by atoms with Crippen LogP contribution in [-0.4, -0.2) is 55.6 Å². The van der Waals surface area contributed by atoms with Crippen LogP contribution in [-0.2, 0) is 29.7 Å². The minimum absolute atomic E-state index is 0.0318. The molecule has 0 bridgehead atoms. The second-order valence-corrected chi connectivity index (χ2v) is 25.4. The highest BCUT2D eigenvalue weighted by atomic mass is 28.4. The minimum Gasteiger partial charge on any atom is -0.497 e. The van der Waals surface area contributed by atoms with Gasteiger partial charge in [-0.15, -0.1) is 0 Å². The molecular formula is C42H68O6Si2. The molecule has 0 spiro atoms. The molecule has 0 aromatic heterocycles. The van der Waals surface area contributed by atoms with Gasteiger partial charge >= 0.3 is 5.97 Å². The number of rotatable bonds is 21. The van der Waals surface area contributed by atoms with Crippen LogP contribution < -0.4 is 4.74 Å². The quantitative estimate of drug-likeness (QED) is 0.0544. The van der Waals surface area contributed by atoms with E-state index in [9.17, 15) is 4.79 Å². The Balaban J connectivity index is 2.79. The summed E-state index contributed by atoms with van der Waals surface area (Å²) in [6.07, 6.45) is 26.4. The molecule has 0 aliphatic heterocycles. The molecule has 0 radical (unpaired) electrons. The van der Waals surface area contributed by atoms with Crippen LogP contribution in [0.2, 0.25) is 36.3 Å². The molecule has 0 heterocycles. The van der Waals surface area contributed by atoms with E-state index in [-0.39, 0.29) is 34.2 Å². The van der Waals surface area contributed by atoms with E-state index in [1.165, 1.54) is 7.11 Å². The lowest BCUT2D eigenvalue weighted by atomic mass is 10.1. The summed E-state index contributed by atoms with van der Waals surface area (Å²) >= 11 is 0. The van der Waals surface area contributed by atoms with E-state index in [1.807, 2.05) is 66.8 Å². The van der Waals surface area contributed by atoms with E-state index in [0.717, 1.165) is 17.7 Å². The first-order valence-corrected chi connectivity index (χ1v) is 23.8. The highest BCUT2D eigenvalue weighted by Crippen LogP contribution is 2.39. The Kier molecular flexibility index (Phi) is 20.1. The first-order valence-electron chi connectivity index (χ1n) is 18.0. The second-order valence-electron chi connectivity index (χ2n) is 15.8. The summed E-state index contributed by atoms with van der Waals surface area (Å²) in [7, 11) is -0.835. The van der Waals surface area contributed by atoms with Crippen molar-refractivity contribution < 1.29 is 27.9 Å². The van der Waals surface area contributed by atoms with E-state index >= 15 is 0 Å². The zero-order chi connectivity index (χ0) is 37.8. The van der Waals surface area contributed by atoms with Crippen molar-refractivity contribution in [1.82, 2.24) is 0 Å². The predicted octanol–water partition coefficient (Wildman–Crippen LogP) is 11.3. The Bertz CT molecular complexity index is 1290. The maximum absolute atomic E-state index is 11.5. The smallest absolute Gasteiger partial charge is 0.305 e. The molecule has 1 rings (SSSR count). The highest BCUT2D eigenvalue weighted by Gasteiger charge is 2.40. The molecule has 3 atom stereocenters. The maximum Gasteiger partial charge on any atom is 0.305 e. The summed E-state index contributed by atoms with van der Waals surface area (Å²) in [6.45, 7) is 26.0. The summed E-state index contributed by atoms with van der Waals surface area (Å²) in [6, 6.07) is 7.99. The van der Waals surface area contributed by atoms with E-state index in [0.29, 0.717) is 26.1 Å². The molecule has 0 saturated carbocycles. The number of methoxy groups -OCH3 is 2. The Labute approximate surface area is 307 Å². The van der Waals surface area contributed by atoms with Gasteiger partial charge in [-0.2, -0.15) is 0 Å². The Hall–Kier alpha value is -2.76. The zero-order valence-corrected chi connectivity index (χ0v) is 35.5. The maximum atomic E-state index is 11.5. The molecule has 1 aromatic rings. The lowest BCUT2D eigenvalue weighted by molar-refractivity contribution is -0.140. The lowest BCUT2D eigenvalue weighted by Gasteiger charge is -2.40. The van der Waals surface area contributed by atoms with E-state index in [4.69, 9.17) is 23.1 Å². The fourth-order valence-corrected chi connectivity index (χ4v) is 6.79. The molecule has 50 heavy (non-hydrogen) atoms. The number of allylic oxidation sites excluding steroid dienone is 9. The number of benzene rings is 1. The van der Waals surface area contributed by atoms with Crippen LogP contribution in [0.4, 0.5) is 0 Å². The SMILES string of the molecule is COC(=O)CC/C=C/[C@@H](C/C=C/C=C/C=C/C=C/C=C/[C@H](O[Si](C)(C)C(C)(C)C)[C@@H](C)COCc1ccc(OC)cc1)O[Si](C)(C)C(C)(C)C. The normalized spacial score (nSPS) is 15.7. The topological polar surface area (TPSA) is 63.2 Å². The predicted molar refractivity (Wildman–Crippen MR) is 217 cm³/mol. The van der Waals surface area contributed by atoms with Gasteiger partial charge in [0.05, 0.1) is 39.6 Å². The summed E-state index contributed by atoms with van der Waals surface area (Å²) in [5.41, 5.74) is 1.12. The molecule has 0 unspecified atom stereocenters. The fraction of sp³-hybridized carbons (Fsp3) is 0.548. The molecule has 0 amide bonds. The van der Waals surface area contributed by atoms with Crippen molar-refractivity contribution in [3.05, 3.63) is 103 Å². The van der Waals surface area contributed by atoms with Gasteiger partial charge in [0.1, 0.15) is 5.75 Å². The summed E-state index contributed by atoms with van der Waals surface area (Å²) in [5.74, 6) is 0.842. The van der Waals surface area contributed by atoms with E-state index in [2.05, 4.69) is 105 Å². The molecule has 8 heteroatoms. The van der Waals surface area contributed by atoms with Crippen LogP contribution in [0, 0.1) is 5.92 Å². The van der Waals surface area contributed by atoms with Crippen molar-refractivity contribution in [2.75, 3.05) is 20.8 Å². The summed E-state index contributed by atoms with van der Waals surface area (Å²) < 4.78 is 29.6. The van der Waals surface area contributed by atoms with Crippen molar-refractivity contribution >= 4 is 22.6 Å². The Morgan fingerprint density at radius 3 is 1.82 bits per heavy atom. The van der Waals surface area contributed by atoms with Gasteiger partial charge in [-0.05, 0) is 66.8 Å². The molecule has 280 valence electrons. The molecule has 0 fully saturated rings. The summed E-state index contributed by atoms with van der Waals surface area (Å²) in [4.78, 5) is 11.5. The van der Waals surface area contributed by atoms with Crippen LogP contribution in [0.1, 0.15) is 73.3 Å². The van der Waals surface area contributed by atoms with Crippen LogP contribution in [0.25, 0.3) is 0 Å². The number of hydrogen-bond donors (Lipinski definition) is 0. The average molecular weight is 725 g/mol. The number of hydrogen-bond acceptors (Lipinski definition) is 6. The number of carbonyl (C=O) groups is 1. The largest absolute Gasteiger partial charge is 0.497 e. The van der Waals surface area contributed by atoms with Gasteiger partial charge in [0.25, 0.3) is 0 Å². The van der Waals surface area contributed by atoms with E-state index < -0.39 is 16.6 Å². The van der Waals surface area contributed by atoms with Crippen LogP contribution in [0.5, 0.6) is 5.75 Å². The monoisotopic (exact) mass is 724 g/mol. The number of esters is 1. The minimum atomic E-state index is -1.98. The second kappa shape index (κ2) is 22.2. The van der Waals surface area contributed by atoms with Gasteiger partial charge in [0.2, 0.25) is 0 Å². The van der Waals surface area contributed by atoms with Crippen molar-refractivity contribution in [2.24, 2.45) is 5.92 Å². The molecule has 0 aliphatic rings. The highest BCUT2D eigenvalue weighted by molar-refractivity contribution is 6.74. The third-order valence-electron chi connectivity index (χ3n) is 9.54. The van der Waals surface area contributed by atoms with Crippen molar-refractivity contribution in [2.45, 2.75) is 123 Å². The number of carbonyl (C=O) groups excluding carboxylic acids is 1. The van der Waals surface area contributed by atoms with E-state index in [1.54, 1.807) is 7.11 Å². The Morgan fingerprint density at radius 1 is 0.740 bits per heavy atom. The summed E-state index contributed by atoms with van der Waals surface area (Å²) in [5, 5.41) is 0.231. The lowest BCUT2D eigenvalue weighted by Crippen LogP contribution is -2.45. The molecule has 6 nitrogen and oxygen atoms in total. The number of ether oxygens (including phenoxy) is 3. The van der Waals surface area contributed by atoms with Gasteiger partial charge in [-0.3, -0.25) is 4.79 Å². The first-order chi connectivity index (χ1) is 23.3. The van der Waals surface area contributed by atoms with Gasteiger partial charge in [0.15, 0.2) is 16.6 Å². The van der Waals surface area contributed by atoms with Crippen LogP contribution in [0.3, 0.4) is 0 Å². The molecule has 0 N–H and O–H groups in total. The molecular weight excluding hydrogens is 657 g/mol. The zero-order valence-electron chi connectivity index (χ0n) is 33.5. The fourth-order valence-electron chi connectivity index (χ4n) is 4.16. The van der Waals surface area contributed by atoms with Crippen LogP contribution >= 0.6 is 0 Å². The van der Waals surface area contributed by atoms with Gasteiger partial charge < -0.3 is 23.1 Å². The third-order valence-corrected chi connectivity index (χ3v) is 18.5. The molecule has 0 aliphatic carbocycles. The standard InChI is InChI=1S/C42H68O6Si2/c1-35(33-46-34-36-29-31-37(44-8)32-30-36)39(48-50(12,13)42(5,6)7)27-22-20-18-16-14-15-17-19-21-25-38(26-23-24-28-40(43)45-9)47-49(10,11)41(2,3)4/h14-23,26-27,29-32,35,38-39H,24-25,28,33-34H2,1-13H3/b16-14+,17-15+,20-18+,21-19+,26-23+,27-22+/t35-,38+,39-/m0/s1. The molecule has 1 aromatic carbocycles. The van der Waals surface area contributed by atoms with Crippen LogP contribution in [0.15, 0.2) is 97.2 Å². The molecule has 0 saturated heterocycles. The van der Waals surface area contributed by atoms with Crippen molar-refractivity contribution in [3.8, 4) is 5.75 Å². The first kappa shape index (κ1) is 45.3. The Morgan fingerprint density at radius 2 is 1.28 bits per heavy atom. The van der Waals surface area contributed by atoms with Gasteiger partial charge in [-0.1, -0.05) is 134 Å². The van der Waals surface area contributed by atoms with Crippen molar-refractivity contribution in [3.63, 3.8) is 0 Å². The van der Waals surface area contributed by atoms with Gasteiger partial charge in [-0.25, -0.2) is 0 Å². The third kappa shape index (κ3) is 17.9. The van der Waals surface area contributed by atoms with Gasteiger partial charge in [0, 0.05) is 12.3 Å². The average Bonchev–Trinajstić information content (AvgIpc) is 3.03. The van der Waals surface area contributed by atoms with Crippen molar-refractivity contribution in [1.29, 1.82) is 0 Å².